The molecule has 2 unspecified atom stereocenters. The van der Waals surface area contributed by atoms with Crippen molar-refractivity contribution in [3.05, 3.63) is 12.2 Å². The highest BCUT2D eigenvalue weighted by Gasteiger charge is 2.05. The predicted molar refractivity (Wildman–Crippen MR) is 45.9 cm³/mol. The average molecular weight is 138 g/mol. The molecular formula is C10H18. The van der Waals surface area contributed by atoms with Crippen molar-refractivity contribution < 1.29 is 0 Å². The molecule has 0 bridgehead atoms. The standard InChI is InChI=1S/C10H18/c1-9-5-3-7-10(2)8-4-6-9/h3,5,9-10H,4,6-8H2,1-2H3/b5-3+. The summed E-state index contributed by atoms with van der Waals surface area (Å²) in [5.41, 5.74) is 0. The van der Waals surface area contributed by atoms with Crippen LogP contribution in [0.15, 0.2) is 12.2 Å². The van der Waals surface area contributed by atoms with Gasteiger partial charge in [-0.15, -0.1) is 0 Å². The minimum Gasteiger partial charge on any atom is -0.0880 e. The van der Waals surface area contributed by atoms with E-state index in [0.29, 0.717) is 0 Å². The topological polar surface area (TPSA) is 0 Å². The summed E-state index contributed by atoms with van der Waals surface area (Å²) in [6.45, 7) is 4.66. The van der Waals surface area contributed by atoms with E-state index in [9.17, 15) is 0 Å². The molecule has 0 aromatic rings. The van der Waals surface area contributed by atoms with Gasteiger partial charge in [0.05, 0.1) is 0 Å². The maximum absolute atomic E-state index is 2.37. The Morgan fingerprint density at radius 3 is 2.80 bits per heavy atom. The lowest BCUT2D eigenvalue weighted by molar-refractivity contribution is 0.462. The van der Waals surface area contributed by atoms with Crippen LogP contribution in [0.2, 0.25) is 0 Å². The Bertz CT molecular complexity index is 113. The third kappa shape index (κ3) is 2.55. The van der Waals surface area contributed by atoms with Gasteiger partial charge in [0.1, 0.15) is 0 Å². The highest BCUT2D eigenvalue weighted by atomic mass is 14.1. The number of hydrogen-bond acceptors (Lipinski definition) is 0. The fourth-order valence-corrected chi connectivity index (χ4v) is 1.55. The van der Waals surface area contributed by atoms with Crippen molar-refractivity contribution in [1.82, 2.24) is 0 Å². The van der Waals surface area contributed by atoms with Crippen LogP contribution in [-0.4, -0.2) is 0 Å². The second-order valence-corrected chi connectivity index (χ2v) is 3.68. The fourth-order valence-electron chi connectivity index (χ4n) is 1.55. The average Bonchev–Trinajstić information content (AvgIpc) is 1.84. The summed E-state index contributed by atoms with van der Waals surface area (Å²) < 4.78 is 0. The van der Waals surface area contributed by atoms with Crippen LogP contribution in [0.1, 0.15) is 39.5 Å². The highest BCUT2D eigenvalue weighted by molar-refractivity contribution is 4.89. The predicted octanol–water partition coefficient (Wildman–Crippen LogP) is 3.39. The smallest absolute Gasteiger partial charge is 0.0262 e. The quantitative estimate of drug-likeness (QED) is 0.450. The zero-order chi connectivity index (χ0) is 7.40. The summed E-state index contributed by atoms with van der Waals surface area (Å²) in [7, 11) is 0. The Balaban J connectivity index is 2.38. The van der Waals surface area contributed by atoms with E-state index in [1.165, 1.54) is 25.7 Å². The summed E-state index contributed by atoms with van der Waals surface area (Å²) in [6.07, 6.45) is 10.3. The largest absolute Gasteiger partial charge is 0.0880 e. The van der Waals surface area contributed by atoms with E-state index >= 15 is 0 Å². The molecule has 2 atom stereocenters. The van der Waals surface area contributed by atoms with Gasteiger partial charge in [0.25, 0.3) is 0 Å². The fraction of sp³-hybridized carbons (Fsp3) is 0.800. The monoisotopic (exact) mass is 138 g/mol. The summed E-state index contributed by atoms with van der Waals surface area (Å²) in [5.74, 6) is 1.75. The van der Waals surface area contributed by atoms with Gasteiger partial charge in [-0.2, -0.15) is 0 Å². The molecule has 0 aromatic heterocycles. The lowest BCUT2D eigenvalue weighted by Crippen LogP contribution is -1.99. The first-order valence-electron chi connectivity index (χ1n) is 4.45. The highest BCUT2D eigenvalue weighted by Crippen LogP contribution is 2.20. The van der Waals surface area contributed by atoms with Gasteiger partial charge >= 0.3 is 0 Å². The van der Waals surface area contributed by atoms with Crippen molar-refractivity contribution in [2.24, 2.45) is 11.8 Å². The molecule has 0 saturated heterocycles. The van der Waals surface area contributed by atoms with Gasteiger partial charge in [-0.25, -0.2) is 0 Å². The zero-order valence-corrected chi connectivity index (χ0v) is 7.14. The van der Waals surface area contributed by atoms with Crippen molar-refractivity contribution in [3.63, 3.8) is 0 Å². The lowest BCUT2D eigenvalue weighted by atomic mass is 9.92. The minimum absolute atomic E-state index is 0.826. The van der Waals surface area contributed by atoms with Crippen LogP contribution in [0.4, 0.5) is 0 Å². The third-order valence-electron chi connectivity index (χ3n) is 2.36. The zero-order valence-electron chi connectivity index (χ0n) is 7.14. The Kier molecular flexibility index (Phi) is 2.98. The summed E-state index contributed by atoms with van der Waals surface area (Å²) in [4.78, 5) is 0. The van der Waals surface area contributed by atoms with Crippen molar-refractivity contribution in [3.8, 4) is 0 Å². The van der Waals surface area contributed by atoms with Crippen LogP contribution in [-0.2, 0) is 0 Å². The van der Waals surface area contributed by atoms with E-state index in [2.05, 4.69) is 26.0 Å². The number of hydrogen-bond donors (Lipinski definition) is 0. The van der Waals surface area contributed by atoms with E-state index < -0.39 is 0 Å². The van der Waals surface area contributed by atoms with Crippen molar-refractivity contribution in [1.29, 1.82) is 0 Å². The Labute approximate surface area is 64.3 Å². The van der Waals surface area contributed by atoms with Crippen LogP contribution in [0, 0.1) is 11.8 Å². The Hall–Kier alpha value is -0.260. The molecule has 1 rings (SSSR count). The molecule has 58 valence electrons. The van der Waals surface area contributed by atoms with Gasteiger partial charge in [0, 0.05) is 0 Å². The summed E-state index contributed by atoms with van der Waals surface area (Å²) in [5, 5.41) is 0. The summed E-state index contributed by atoms with van der Waals surface area (Å²) in [6, 6.07) is 0. The van der Waals surface area contributed by atoms with E-state index in [-0.39, 0.29) is 0 Å². The van der Waals surface area contributed by atoms with Crippen molar-refractivity contribution >= 4 is 0 Å². The third-order valence-corrected chi connectivity index (χ3v) is 2.36. The second kappa shape index (κ2) is 3.80. The van der Waals surface area contributed by atoms with Crippen LogP contribution in [0.5, 0.6) is 0 Å². The summed E-state index contributed by atoms with van der Waals surface area (Å²) >= 11 is 0. The van der Waals surface area contributed by atoms with Crippen LogP contribution in [0.25, 0.3) is 0 Å². The van der Waals surface area contributed by atoms with Gasteiger partial charge in [-0.3, -0.25) is 0 Å². The molecule has 10 heavy (non-hydrogen) atoms. The molecule has 1 aliphatic rings. The van der Waals surface area contributed by atoms with Crippen molar-refractivity contribution in [2.75, 3.05) is 0 Å². The number of allylic oxidation sites excluding steroid dienone is 2. The maximum atomic E-state index is 2.37. The number of rotatable bonds is 0. The molecule has 0 fully saturated rings. The first-order valence-corrected chi connectivity index (χ1v) is 4.45. The van der Waals surface area contributed by atoms with Crippen LogP contribution in [0.3, 0.4) is 0 Å². The van der Waals surface area contributed by atoms with E-state index in [0.717, 1.165) is 11.8 Å². The van der Waals surface area contributed by atoms with Crippen LogP contribution < -0.4 is 0 Å². The van der Waals surface area contributed by atoms with Gasteiger partial charge < -0.3 is 0 Å². The van der Waals surface area contributed by atoms with Gasteiger partial charge in [0.2, 0.25) is 0 Å². The van der Waals surface area contributed by atoms with Gasteiger partial charge in [0.15, 0.2) is 0 Å². The second-order valence-electron chi connectivity index (χ2n) is 3.68. The molecule has 0 spiro atoms. The molecule has 0 aliphatic heterocycles. The molecule has 0 heterocycles. The lowest BCUT2D eigenvalue weighted by Gasteiger charge is -2.14. The molecule has 0 radical (unpaired) electrons. The molecule has 1 aliphatic carbocycles. The molecule has 0 amide bonds. The van der Waals surface area contributed by atoms with Gasteiger partial charge in [-0.1, -0.05) is 38.8 Å². The molecule has 0 nitrogen and oxygen atoms in total. The molecule has 0 N–H and O–H groups in total. The molecule has 0 heteroatoms. The Morgan fingerprint density at radius 2 is 2.00 bits per heavy atom. The first kappa shape index (κ1) is 7.84. The minimum atomic E-state index is 0.826. The molecule has 0 saturated carbocycles. The van der Waals surface area contributed by atoms with E-state index in [1.807, 2.05) is 0 Å². The maximum Gasteiger partial charge on any atom is -0.0262 e. The van der Waals surface area contributed by atoms with Gasteiger partial charge in [-0.05, 0) is 24.7 Å². The van der Waals surface area contributed by atoms with E-state index in [1.54, 1.807) is 0 Å². The molecule has 0 aromatic carbocycles. The molecular weight excluding hydrogens is 120 g/mol. The van der Waals surface area contributed by atoms with Crippen molar-refractivity contribution in [2.45, 2.75) is 39.5 Å². The normalized spacial score (nSPS) is 38.2. The first-order chi connectivity index (χ1) is 4.79. The van der Waals surface area contributed by atoms with E-state index in [4.69, 9.17) is 0 Å². The Morgan fingerprint density at radius 1 is 1.20 bits per heavy atom. The van der Waals surface area contributed by atoms with Crippen LogP contribution >= 0.6 is 0 Å². The SMILES string of the molecule is CC1/C=C/CC(C)CCC1.